The van der Waals surface area contributed by atoms with Crippen molar-refractivity contribution in [3.8, 4) is 0 Å². The standard InChI is InChI=1S/C21H30N2O5/c1-15-17(24)23(14-16-10-7-6-8-11-16)13-9-12-21(15,18(25)27-5)22-19(26)28-20(2,3)4/h6-8,10-11,15H,9,12-14H2,1-5H3,(H,22,26)/t15-,21+/m1/s1. The summed E-state index contributed by atoms with van der Waals surface area (Å²) in [4.78, 5) is 40.0. The van der Waals surface area contributed by atoms with E-state index >= 15 is 0 Å². The Morgan fingerprint density at radius 3 is 2.46 bits per heavy atom. The Kier molecular flexibility index (Phi) is 6.69. The molecule has 0 aliphatic carbocycles. The molecule has 0 radical (unpaired) electrons. The number of hydrogen-bond donors (Lipinski definition) is 1. The van der Waals surface area contributed by atoms with Crippen LogP contribution in [0.4, 0.5) is 4.79 Å². The minimum absolute atomic E-state index is 0.206. The van der Waals surface area contributed by atoms with Crippen molar-refractivity contribution in [2.24, 2.45) is 5.92 Å². The molecular formula is C21H30N2O5. The van der Waals surface area contributed by atoms with Crippen LogP contribution in [0.15, 0.2) is 30.3 Å². The summed E-state index contributed by atoms with van der Waals surface area (Å²) in [6.07, 6.45) is 0.0966. The van der Waals surface area contributed by atoms with Crippen molar-refractivity contribution >= 4 is 18.0 Å². The zero-order valence-corrected chi connectivity index (χ0v) is 17.3. The molecule has 1 saturated heterocycles. The zero-order chi connectivity index (χ0) is 20.9. The van der Waals surface area contributed by atoms with Gasteiger partial charge in [-0.3, -0.25) is 4.79 Å². The van der Waals surface area contributed by atoms with Crippen LogP contribution in [0.25, 0.3) is 0 Å². The molecule has 154 valence electrons. The van der Waals surface area contributed by atoms with Crippen molar-refractivity contribution < 1.29 is 23.9 Å². The summed E-state index contributed by atoms with van der Waals surface area (Å²) in [5.74, 6) is -1.64. The van der Waals surface area contributed by atoms with Crippen LogP contribution >= 0.6 is 0 Å². The number of benzene rings is 1. The van der Waals surface area contributed by atoms with E-state index in [1.165, 1.54) is 7.11 Å². The summed E-state index contributed by atoms with van der Waals surface area (Å²) in [5, 5.41) is 2.66. The van der Waals surface area contributed by atoms with Crippen molar-refractivity contribution in [3.05, 3.63) is 35.9 Å². The fourth-order valence-electron chi connectivity index (χ4n) is 3.49. The van der Waals surface area contributed by atoms with Gasteiger partial charge in [0.05, 0.1) is 13.0 Å². The fraction of sp³-hybridized carbons (Fsp3) is 0.571. The number of nitrogens with zero attached hydrogens (tertiary/aromatic N) is 1. The van der Waals surface area contributed by atoms with Gasteiger partial charge in [0, 0.05) is 13.1 Å². The molecule has 0 aromatic heterocycles. The first-order chi connectivity index (χ1) is 13.1. The number of ether oxygens (including phenoxy) is 2. The summed E-state index contributed by atoms with van der Waals surface area (Å²) in [5.41, 5.74) is -1.17. The molecule has 1 aliphatic rings. The summed E-state index contributed by atoms with van der Waals surface area (Å²) in [7, 11) is 1.25. The second-order valence-electron chi connectivity index (χ2n) is 8.16. The van der Waals surface area contributed by atoms with E-state index in [0.717, 1.165) is 5.56 Å². The predicted molar refractivity (Wildman–Crippen MR) is 104 cm³/mol. The Hall–Kier alpha value is -2.57. The monoisotopic (exact) mass is 390 g/mol. The lowest BCUT2D eigenvalue weighted by molar-refractivity contribution is -0.155. The van der Waals surface area contributed by atoms with Crippen molar-refractivity contribution in [3.63, 3.8) is 0 Å². The van der Waals surface area contributed by atoms with Gasteiger partial charge in [0.25, 0.3) is 0 Å². The van der Waals surface area contributed by atoms with Crippen molar-refractivity contribution in [1.29, 1.82) is 0 Å². The second kappa shape index (κ2) is 8.63. The molecular weight excluding hydrogens is 360 g/mol. The predicted octanol–water partition coefficient (Wildman–Crippen LogP) is 2.88. The van der Waals surface area contributed by atoms with Gasteiger partial charge in [0.1, 0.15) is 5.60 Å². The van der Waals surface area contributed by atoms with E-state index in [4.69, 9.17) is 9.47 Å². The highest BCUT2D eigenvalue weighted by Crippen LogP contribution is 2.31. The highest BCUT2D eigenvalue weighted by Gasteiger charge is 2.52. The number of amides is 2. The van der Waals surface area contributed by atoms with Gasteiger partial charge in [-0.25, -0.2) is 9.59 Å². The first-order valence-corrected chi connectivity index (χ1v) is 9.51. The van der Waals surface area contributed by atoms with Crippen LogP contribution in [0.2, 0.25) is 0 Å². The average Bonchev–Trinajstić information content (AvgIpc) is 2.73. The van der Waals surface area contributed by atoms with Gasteiger partial charge in [0.15, 0.2) is 5.54 Å². The Balaban J connectivity index is 2.27. The lowest BCUT2D eigenvalue weighted by Gasteiger charge is -2.36. The number of carbonyl (C=O) groups excluding carboxylic acids is 3. The molecule has 7 nitrogen and oxygen atoms in total. The lowest BCUT2D eigenvalue weighted by atomic mass is 9.81. The molecule has 1 fully saturated rings. The summed E-state index contributed by atoms with van der Waals surface area (Å²) in [6, 6.07) is 9.67. The molecule has 1 aromatic carbocycles. The maximum absolute atomic E-state index is 13.2. The summed E-state index contributed by atoms with van der Waals surface area (Å²) < 4.78 is 10.3. The number of likely N-dealkylation sites (tertiary alicyclic amines) is 1. The molecule has 7 heteroatoms. The molecule has 2 rings (SSSR count). The number of nitrogens with one attached hydrogen (secondary N) is 1. The molecule has 0 bridgehead atoms. The lowest BCUT2D eigenvalue weighted by Crippen LogP contribution is -2.62. The zero-order valence-electron chi connectivity index (χ0n) is 17.3. The number of hydrogen-bond acceptors (Lipinski definition) is 5. The average molecular weight is 390 g/mol. The molecule has 0 saturated carbocycles. The van der Waals surface area contributed by atoms with Crippen molar-refractivity contribution in [2.45, 2.75) is 58.2 Å². The van der Waals surface area contributed by atoms with E-state index in [-0.39, 0.29) is 12.3 Å². The van der Waals surface area contributed by atoms with Gasteiger partial charge in [0.2, 0.25) is 5.91 Å². The van der Waals surface area contributed by atoms with Crippen molar-refractivity contribution in [2.75, 3.05) is 13.7 Å². The first kappa shape index (κ1) is 21.7. The van der Waals surface area contributed by atoms with Crippen LogP contribution < -0.4 is 5.32 Å². The number of carbonyl (C=O) groups is 3. The Labute approximate surface area is 166 Å². The third-order valence-electron chi connectivity index (χ3n) is 4.91. The molecule has 0 unspecified atom stereocenters. The van der Waals surface area contributed by atoms with Crippen LogP contribution in [0.1, 0.15) is 46.1 Å². The van der Waals surface area contributed by atoms with E-state index in [9.17, 15) is 14.4 Å². The van der Waals surface area contributed by atoms with E-state index < -0.39 is 29.1 Å². The largest absolute Gasteiger partial charge is 0.467 e. The van der Waals surface area contributed by atoms with Gasteiger partial charge < -0.3 is 19.7 Å². The first-order valence-electron chi connectivity index (χ1n) is 9.51. The van der Waals surface area contributed by atoms with Gasteiger partial charge in [-0.15, -0.1) is 0 Å². The number of rotatable bonds is 4. The molecule has 1 aliphatic heterocycles. The van der Waals surface area contributed by atoms with Crippen LogP contribution in [0, 0.1) is 5.92 Å². The molecule has 1 aromatic rings. The third kappa shape index (κ3) is 5.03. The highest BCUT2D eigenvalue weighted by molar-refractivity contribution is 5.93. The van der Waals surface area contributed by atoms with Crippen LogP contribution in [0.3, 0.4) is 0 Å². The fourth-order valence-corrected chi connectivity index (χ4v) is 3.49. The molecule has 2 atom stereocenters. The highest BCUT2D eigenvalue weighted by atomic mass is 16.6. The quantitative estimate of drug-likeness (QED) is 0.799. The second-order valence-corrected chi connectivity index (χ2v) is 8.16. The van der Waals surface area contributed by atoms with Crippen LogP contribution in [0.5, 0.6) is 0 Å². The minimum Gasteiger partial charge on any atom is -0.467 e. The Bertz CT molecular complexity index is 713. The maximum atomic E-state index is 13.2. The van der Waals surface area contributed by atoms with E-state index in [1.807, 2.05) is 30.3 Å². The van der Waals surface area contributed by atoms with Gasteiger partial charge in [-0.1, -0.05) is 37.3 Å². The van der Waals surface area contributed by atoms with E-state index in [1.54, 1.807) is 32.6 Å². The van der Waals surface area contributed by atoms with Crippen LogP contribution in [-0.4, -0.2) is 47.7 Å². The minimum atomic E-state index is -1.46. The van der Waals surface area contributed by atoms with Crippen LogP contribution in [-0.2, 0) is 25.6 Å². The van der Waals surface area contributed by atoms with E-state index in [0.29, 0.717) is 19.5 Å². The SMILES string of the molecule is COC(=O)[C@]1(NC(=O)OC(C)(C)C)CCCN(Cc2ccccc2)C(=O)[C@H]1C. The topological polar surface area (TPSA) is 84.9 Å². The third-order valence-corrected chi connectivity index (χ3v) is 4.91. The summed E-state index contributed by atoms with van der Waals surface area (Å²) >= 11 is 0. The van der Waals surface area contributed by atoms with Gasteiger partial charge >= 0.3 is 12.1 Å². The molecule has 28 heavy (non-hydrogen) atoms. The molecule has 0 spiro atoms. The van der Waals surface area contributed by atoms with Gasteiger partial charge in [-0.05, 0) is 39.2 Å². The Morgan fingerprint density at radius 1 is 1.25 bits per heavy atom. The number of esters is 1. The molecule has 1 N–H and O–H groups in total. The molecule has 1 heterocycles. The Morgan fingerprint density at radius 2 is 1.89 bits per heavy atom. The van der Waals surface area contributed by atoms with E-state index in [2.05, 4.69) is 5.32 Å². The van der Waals surface area contributed by atoms with Crippen molar-refractivity contribution in [1.82, 2.24) is 10.2 Å². The number of methoxy groups -OCH3 is 1. The normalized spacial score (nSPS) is 23.0. The van der Waals surface area contributed by atoms with Gasteiger partial charge in [-0.2, -0.15) is 0 Å². The maximum Gasteiger partial charge on any atom is 0.408 e. The number of alkyl carbamates (subject to hydrolysis) is 1. The smallest absolute Gasteiger partial charge is 0.408 e. The summed E-state index contributed by atoms with van der Waals surface area (Å²) in [6.45, 7) is 7.81. The molecule has 2 amide bonds.